The lowest BCUT2D eigenvalue weighted by atomic mass is 9.64. The molecule has 0 aromatic heterocycles. The number of carbonyl (C=O) groups excluding carboxylic acids is 1. The van der Waals surface area contributed by atoms with E-state index < -0.39 is 13.1 Å². The van der Waals surface area contributed by atoms with Crippen molar-refractivity contribution < 1.29 is 24.4 Å². The highest BCUT2D eigenvalue weighted by Gasteiger charge is 2.38. The summed E-state index contributed by atoms with van der Waals surface area (Å²) < 4.78 is 5.41. The summed E-state index contributed by atoms with van der Waals surface area (Å²) in [5.74, 6) is -1.24. The highest BCUT2D eigenvalue weighted by molar-refractivity contribution is 6.47. The number of fused-ring (bicyclic) bond motifs is 1. The fourth-order valence-corrected chi connectivity index (χ4v) is 3.11. The molecule has 1 aromatic carbocycles. The van der Waals surface area contributed by atoms with Crippen molar-refractivity contribution in [3.63, 3.8) is 0 Å². The van der Waals surface area contributed by atoms with Crippen molar-refractivity contribution in [3.05, 3.63) is 29.3 Å². The number of benzene rings is 1. The molecule has 8 heteroatoms. The molecule has 7 nitrogen and oxygen atoms in total. The summed E-state index contributed by atoms with van der Waals surface area (Å²) in [6.07, 6.45) is 0.612. The zero-order chi connectivity index (χ0) is 16.4. The zero-order valence-corrected chi connectivity index (χ0v) is 12.6. The maximum Gasteiger partial charge on any atom is 0.526 e. The Labute approximate surface area is 134 Å². The van der Waals surface area contributed by atoms with Gasteiger partial charge in [0.25, 0.3) is 0 Å². The molecule has 1 fully saturated rings. The number of piperazine rings is 1. The van der Waals surface area contributed by atoms with Gasteiger partial charge in [-0.3, -0.25) is 4.79 Å². The minimum absolute atomic E-state index is 0.0303. The Morgan fingerprint density at radius 3 is 2.87 bits per heavy atom. The summed E-state index contributed by atoms with van der Waals surface area (Å²) in [4.78, 5) is 23.6. The van der Waals surface area contributed by atoms with Crippen molar-refractivity contribution >= 4 is 18.9 Å². The number of hydrogen-bond acceptors (Lipinski definition) is 6. The number of rotatable bonds is 4. The molecule has 0 aliphatic carbocycles. The quantitative estimate of drug-likeness (QED) is 0.564. The second-order valence-electron chi connectivity index (χ2n) is 5.95. The largest absolute Gasteiger partial charge is 0.535 e. The van der Waals surface area contributed by atoms with Gasteiger partial charge in [0.1, 0.15) is 5.75 Å². The van der Waals surface area contributed by atoms with Gasteiger partial charge in [0.2, 0.25) is 0 Å². The highest BCUT2D eigenvalue weighted by atomic mass is 16.5. The molecular formula is C15H19BN2O5. The van der Waals surface area contributed by atoms with Crippen LogP contribution in [0.4, 0.5) is 0 Å². The molecule has 122 valence electrons. The normalized spacial score (nSPS) is 23.8. The Bertz CT molecular complexity index is 618. The SMILES string of the molecule is O=C(O)c1cccc2c1OB(O)[C@@H](CC(=O)C1CNCCN1)C2. The summed E-state index contributed by atoms with van der Waals surface area (Å²) in [6, 6.07) is 4.61. The van der Waals surface area contributed by atoms with Crippen LogP contribution in [0.15, 0.2) is 18.2 Å². The Balaban J connectivity index is 1.72. The highest BCUT2D eigenvalue weighted by Crippen LogP contribution is 2.36. The molecule has 0 radical (unpaired) electrons. The van der Waals surface area contributed by atoms with E-state index in [1.807, 2.05) is 0 Å². The van der Waals surface area contributed by atoms with Crippen LogP contribution in [0.1, 0.15) is 22.3 Å². The minimum atomic E-state index is -1.18. The molecule has 2 aliphatic rings. The van der Waals surface area contributed by atoms with E-state index in [4.69, 9.17) is 4.65 Å². The summed E-state index contributed by atoms with van der Waals surface area (Å²) in [7, 11) is -1.18. The zero-order valence-electron chi connectivity index (χ0n) is 12.6. The first-order valence-electron chi connectivity index (χ1n) is 7.73. The first kappa shape index (κ1) is 16.0. The Morgan fingerprint density at radius 2 is 2.17 bits per heavy atom. The number of carboxylic acids is 1. The molecule has 2 atom stereocenters. The Hall–Kier alpha value is -1.90. The van der Waals surface area contributed by atoms with Gasteiger partial charge in [-0.2, -0.15) is 0 Å². The lowest BCUT2D eigenvalue weighted by molar-refractivity contribution is -0.121. The van der Waals surface area contributed by atoms with Crippen molar-refractivity contribution in [2.24, 2.45) is 0 Å². The van der Waals surface area contributed by atoms with Crippen molar-refractivity contribution in [2.75, 3.05) is 19.6 Å². The van der Waals surface area contributed by atoms with Crippen molar-refractivity contribution in [1.82, 2.24) is 10.6 Å². The summed E-state index contributed by atoms with van der Waals surface area (Å²) in [5.41, 5.74) is 0.743. The molecule has 1 aromatic rings. The second kappa shape index (κ2) is 6.70. The van der Waals surface area contributed by atoms with E-state index in [2.05, 4.69) is 10.6 Å². The minimum Gasteiger partial charge on any atom is -0.535 e. The molecule has 0 saturated carbocycles. The Morgan fingerprint density at radius 1 is 1.35 bits per heavy atom. The lowest BCUT2D eigenvalue weighted by Crippen LogP contribution is -2.53. The van der Waals surface area contributed by atoms with E-state index in [1.165, 1.54) is 6.07 Å². The van der Waals surface area contributed by atoms with Gasteiger partial charge in [0.15, 0.2) is 5.78 Å². The summed E-state index contributed by atoms with van der Waals surface area (Å²) in [6.45, 7) is 2.16. The maximum absolute atomic E-state index is 12.3. The van der Waals surface area contributed by atoms with Crippen LogP contribution in [0.25, 0.3) is 0 Å². The standard InChI is InChI=1S/C15H19BN2O5/c19-13(12-8-17-4-5-18-12)7-10-6-9-2-1-3-11(15(20)21)14(9)23-16(10)22/h1-3,10,12,17-18,22H,4-8H2,(H,20,21)/t10-,12?/m1/s1. The van der Waals surface area contributed by atoms with E-state index in [1.54, 1.807) is 12.1 Å². The van der Waals surface area contributed by atoms with Crippen LogP contribution >= 0.6 is 0 Å². The average Bonchev–Trinajstić information content (AvgIpc) is 2.55. The van der Waals surface area contributed by atoms with Crippen LogP contribution in [0.5, 0.6) is 5.75 Å². The fourth-order valence-electron chi connectivity index (χ4n) is 3.11. The van der Waals surface area contributed by atoms with Gasteiger partial charge in [0.05, 0.1) is 11.6 Å². The maximum atomic E-state index is 12.3. The fraction of sp³-hybridized carbons (Fsp3) is 0.467. The number of carbonyl (C=O) groups is 2. The lowest BCUT2D eigenvalue weighted by Gasteiger charge is -2.30. The third-order valence-corrected chi connectivity index (χ3v) is 4.34. The van der Waals surface area contributed by atoms with Gasteiger partial charge < -0.3 is 25.4 Å². The smallest absolute Gasteiger partial charge is 0.526 e. The van der Waals surface area contributed by atoms with Crippen molar-refractivity contribution in [1.29, 1.82) is 0 Å². The third-order valence-electron chi connectivity index (χ3n) is 4.34. The molecule has 1 saturated heterocycles. The predicted octanol–water partition coefficient (Wildman–Crippen LogP) is -0.309. The van der Waals surface area contributed by atoms with E-state index in [-0.39, 0.29) is 35.4 Å². The van der Waals surface area contributed by atoms with E-state index >= 15 is 0 Å². The van der Waals surface area contributed by atoms with Gasteiger partial charge in [-0.1, -0.05) is 12.1 Å². The van der Waals surface area contributed by atoms with E-state index in [0.717, 1.165) is 13.1 Å². The summed E-state index contributed by atoms with van der Waals surface area (Å²) in [5, 5.41) is 25.7. The number of carboxylic acid groups (broad SMARTS) is 1. The van der Waals surface area contributed by atoms with E-state index in [0.29, 0.717) is 18.5 Å². The second-order valence-corrected chi connectivity index (χ2v) is 5.95. The molecule has 1 unspecified atom stereocenters. The van der Waals surface area contributed by atoms with Crippen LogP contribution in [0.2, 0.25) is 5.82 Å². The molecule has 0 spiro atoms. The monoisotopic (exact) mass is 318 g/mol. The van der Waals surface area contributed by atoms with Crippen LogP contribution in [-0.4, -0.2) is 54.7 Å². The molecule has 4 N–H and O–H groups in total. The molecule has 2 heterocycles. The topological polar surface area (TPSA) is 108 Å². The van der Waals surface area contributed by atoms with Crippen LogP contribution in [-0.2, 0) is 11.2 Å². The molecular weight excluding hydrogens is 299 g/mol. The van der Waals surface area contributed by atoms with Crippen molar-refractivity contribution in [2.45, 2.75) is 24.7 Å². The van der Waals surface area contributed by atoms with Crippen LogP contribution < -0.4 is 15.3 Å². The van der Waals surface area contributed by atoms with Gasteiger partial charge in [0, 0.05) is 31.9 Å². The molecule has 23 heavy (non-hydrogen) atoms. The first-order chi connectivity index (χ1) is 11.1. The van der Waals surface area contributed by atoms with E-state index in [9.17, 15) is 19.7 Å². The van der Waals surface area contributed by atoms with Gasteiger partial charge in [-0.15, -0.1) is 0 Å². The number of para-hydroxylation sites is 1. The first-order valence-corrected chi connectivity index (χ1v) is 7.73. The Kier molecular flexibility index (Phi) is 4.65. The average molecular weight is 318 g/mol. The number of ketones is 1. The van der Waals surface area contributed by atoms with Gasteiger partial charge >= 0.3 is 13.1 Å². The number of hydrogen-bond donors (Lipinski definition) is 4. The molecule has 0 bridgehead atoms. The van der Waals surface area contributed by atoms with Crippen molar-refractivity contribution in [3.8, 4) is 5.75 Å². The third kappa shape index (κ3) is 3.39. The van der Waals surface area contributed by atoms with Crippen LogP contribution in [0, 0.1) is 0 Å². The van der Waals surface area contributed by atoms with Crippen LogP contribution in [0.3, 0.4) is 0 Å². The number of nitrogens with one attached hydrogen (secondary N) is 2. The van der Waals surface area contributed by atoms with Gasteiger partial charge in [-0.25, -0.2) is 4.79 Å². The molecule has 3 rings (SSSR count). The molecule has 2 aliphatic heterocycles. The summed E-state index contributed by atoms with van der Waals surface area (Å²) >= 11 is 0. The predicted molar refractivity (Wildman–Crippen MR) is 83.7 cm³/mol. The molecule has 0 amide bonds. The number of aromatic carboxylic acids is 1. The van der Waals surface area contributed by atoms with Gasteiger partial charge in [-0.05, 0) is 18.1 Å². The number of Topliss-reactive ketones (excluding diaryl/α,β-unsaturated/α-hetero) is 1.